The van der Waals surface area contributed by atoms with Crippen molar-refractivity contribution in [3.8, 4) is 23.3 Å². The summed E-state index contributed by atoms with van der Waals surface area (Å²) >= 11 is 1.10. The Labute approximate surface area is 210 Å². The van der Waals surface area contributed by atoms with Crippen molar-refractivity contribution in [2.24, 2.45) is 0 Å². The molecule has 1 aliphatic rings. The minimum Gasteiger partial charge on any atom is -0.454 e. The van der Waals surface area contributed by atoms with Crippen LogP contribution in [0.3, 0.4) is 0 Å². The van der Waals surface area contributed by atoms with Crippen molar-refractivity contribution in [3.63, 3.8) is 0 Å². The van der Waals surface area contributed by atoms with Gasteiger partial charge in [-0.2, -0.15) is 5.26 Å². The number of aryl methyl sites for hydroxylation is 2. The predicted octanol–water partition coefficient (Wildman–Crippen LogP) is 3.39. The van der Waals surface area contributed by atoms with E-state index < -0.39 is 5.91 Å². The van der Waals surface area contributed by atoms with Crippen molar-refractivity contribution >= 4 is 34.6 Å². The van der Waals surface area contributed by atoms with Crippen LogP contribution in [0.4, 0.5) is 5.69 Å². The second-order valence-corrected chi connectivity index (χ2v) is 9.24. The van der Waals surface area contributed by atoms with Crippen molar-refractivity contribution in [1.82, 2.24) is 4.57 Å². The third kappa shape index (κ3) is 4.28. The molecule has 0 radical (unpaired) electrons. The Balaban J connectivity index is 1.73. The zero-order valence-electron chi connectivity index (χ0n) is 19.6. The number of para-hydroxylation sites is 2. The van der Waals surface area contributed by atoms with E-state index in [0.29, 0.717) is 27.4 Å². The second kappa shape index (κ2) is 9.56. The summed E-state index contributed by atoms with van der Waals surface area (Å²) in [5.74, 6) is 0.663. The molecule has 0 unspecified atom stereocenters. The van der Waals surface area contributed by atoms with Crippen LogP contribution >= 0.6 is 11.3 Å². The molecule has 1 amide bonds. The fourth-order valence-electron chi connectivity index (χ4n) is 3.93. The van der Waals surface area contributed by atoms with E-state index in [1.807, 2.05) is 62.4 Å². The second-order valence-electron chi connectivity index (χ2n) is 8.21. The number of nitrogens with zero attached hydrogens (tertiary/aromatic N) is 2. The Morgan fingerprint density at radius 2 is 1.75 bits per heavy atom. The van der Waals surface area contributed by atoms with E-state index >= 15 is 0 Å². The number of hydrogen-bond acceptors (Lipinski definition) is 6. The van der Waals surface area contributed by atoms with Gasteiger partial charge in [0.05, 0.1) is 10.2 Å². The van der Waals surface area contributed by atoms with Gasteiger partial charge >= 0.3 is 0 Å². The lowest BCUT2D eigenvalue weighted by molar-refractivity contribution is -0.111. The number of anilines is 1. The van der Waals surface area contributed by atoms with Crippen LogP contribution in [0, 0.1) is 25.2 Å². The molecule has 2 heterocycles. The molecule has 3 aromatic carbocycles. The van der Waals surface area contributed by atoms with E-state index in [1.54, 1.807) is 30.3 Å². The van der Waals surface area contributed by atoms with Crippen LogP contribution in [0.1, 0.15) is 16.7 Å². The first kappa shape index (κ1) is 23.1. The molecule has 0 saturated heterocycles. The fraction of sp³-hybridized carbons (Fsp3) is 0.107. The van der Waals surface area contributed by atoms with Crippen LogP contribution in [0.2, 0.25) is 0 Å². The van der Waals surface area contributed by atoms with E-state index in [9.17, 15) is 14.9 Å². The SMILES string of the molecule is Cc1ccccc1NC(=O)/C(C#N)=c1\s/c(=C\c2ccc3c(c2)OCO3)c(=O)n1-c1ccccc1C. The van der Waals surface area contributed by atoms with Gasteiger partial charge in [0.1, 0.15) is 10.7 Å². The molecule has 7 nitrogen and oxygen atoms in total. The molecular formula is C28H21N3O4S. The number of aromatic nitrogens is 1. The zero-order valence-corrected chi connectivity index (χ0v) is 20.4. The first-order chi connectivity index (χ1) is 17.5. The number of thiazole rings is 1. The molecule has 36 heavy (non-hydrogen) atoms. The summed E-state index contributed by atoms with van der Waals surface area (Å²) < 4.78 is 12.9. The third-order valence-electron chi connectivity index (χ3n) is 5.82. The van der Waals surface area contributed by atoms with Crippen LogP contribution in [0.5, 0.6) is 11.5 Å². The topological polar surface area (TPSA) is 93.4 Å². The fourth-order valence-corrected chi connectivity index (χ4v) is 5.03. The molecule has 8 heteroatoms. The summed E-state index contributed by atoms with van der Waals surface area (Å²) in [5, 5.41) is 12.8. The molecule has 0 bridgehead atoms. The van der Waals surface area contributed by atoms with Crippen molar-refractivity contribution < 1.29 is 14.3 Å². The quantitative estimate of drug-likeness (QED) is 0.469. The molecule has 5 rings (SSSR count). The number of rotatable bonds is 4. The number of hydrogen-bond donors (Lipinski definition) is 1. The van der Waals surface area contributed by atoms with Gasteiger partial charge in [-0.3, -0.25) is 14.2 Å². The lowest BCUT2D eigenvalue weighted by Crippen LogP contribution is -2.32. The molecule has 0 spiro atoms. The van der Waals surface area contributed by atoms with Gasteiger partial charge in [-0.1, -0.05) is 42.5 Å². The normalized spacial score (nSPS) is 13.3. The lowest BCUT2D eigenvalue weighted by atomic mass is 10.2. The standard InChI is InChI=1S/C28H21N3O4S/c1-17-7-3-5-9-21(17)30-26(32)20(15-29)28-31(22-10-6-4-8-18(22)2)27(33)25(36-28)14-19-11-12-23-24(13-19)35-16-34-23/h3-14H,16H2,1-2H3,(H,30,32)/b25-14-,28-20-. The molecule has 0 atom stereocenters. The Morgan fingerprint density at radius 1 is 1.03 bits per heavy atom. The van der Waals surface area contributed by atoms with Gasteiger partial charge in [0.2, 0.25) is 6.79 Å². The van der Waals surface area contributed by atoms with E-state index in [4.69, 9.17) is 9.47 Å². The Hall–Kier alpha value is -4.61. The minimum absolute atomic E-state index is 0.144. The highest BCUT2D eigenvalue weighted by molar-refractivity contribution is 7.07. The summed E-state index contributed by atoms with van der Waals surface area (Å²) in [6.45, 7) is 3.90. The largest absolute Gasteiger partial charge is 0.454 e. The van der Waals surface area contributed by atoms with Crippen LogP contribution in [-0.4, -0.2) is 17.3 Å². The highest BCUT2D eigenvalue weighted by Gasteiger charge is 2.19. The van der Waals surface area contributed by atoms with Crippen LogP contribution in [0.15, 0.2) is 71.5 Å². The maximum atomic E-state index is 13.7. The molecule has 1 N–H and O–H groups in total. The number of carbonyl (C=O) groups is 1. The molecule has 0 aliphatic carbocycles. The van der Waals surface area contributed by atoms with Gasteiger partial charge in [0.15, 0.2) is 17.1 Å². The summed E-state index contributed by atoms with van der Waals surface area (Å²) in [7, 11) is 0. The zero-order chi connectivity index (χ0) is 25.2. The number of benzene rings is 3. The van der Waals surface area contributed by atoms with Crippen molar-refractivity contribution in [3.05, 3.63) is 103 Å². The van der Waals surface area contributed by atoms with Crippen LogP contribution in [0.25, 0.3) is 17.3 Å². The van der Waals surface area contributed by atoms with Gasteiger partial charge in [0, 0.05) is 5.69 Å². The smallest absolute Gasteiger partial charge is 0.273 e. The predicted molar refractivity (Wildman–Crippen MR) is 139 cm³/mol. The summed E-state index contributed by atoms with van der Waals surface area (Å²) in [6.07, 6.45) is 1.72. The number of nitriles is 1. The van der Waals surface area contributed by atoms with Gasteiger partial charge in [-0.05, 0) is 60.9 Å². The van der Waals surface area contributed by atoms with Gasteiger partial charge < -0.3 is 14.8 Å². The molecule has 0 fully saturated rings. The molecule has 1 aromatic heterocycles. The van der Waals surface area contributed by atoms with E-state index in [1.165, 1.54) is 4.57 Å². The Kier molecular flexibility index (Phi) is 6.15. The highest BCUT2D eigenvalue weighted by Crippen LogP contribution is 2.32. The van der Waals surface area contributed by atoms with Gasteiger partial charge in [0.25, 0.3) is 11.5 Å². The van der Waals surface area contributed by atoms with Crippen molar-refractivity contribution in [2.75, 3.05) is 12.1 Å². The minimum atomic E-state index is -0.579. The lowest BCUT2D eigenvalue weighted by Gasteiger charge is -2.09. The number of ether oxygens (including phenoxy) is 2. The first-order valence-electron chi connectivity index (χ1n) is 11.2. The molecule has 4 aromatic rings. The molecule has 178 valence electrons. The van der Waals surface area contributed by atoms with E-state index in [0.717, 1.165) is 28.0 Å². The van der Waals surface area contributed by atoms with Crippen molar-refractivity contribution in [1.29, 1.82) is 5.26 Å². The Bertz CT molecular complexity index is 1730. The van der Waals surface area contributed by atoms with Gasteiger partial charge in [-0.15, -0.1) is 11.3 Å². The van der Waals surface area contributed by atoms with Crippen LogP contribution in [-0.2, 0) is 4.79 Å². The Morgan fingerprint density at radius 3 is 2.50 bits per heavy atom. The molecular weight excluding hydrogens is 474 g/mol. The summed E-state index contributed by atoms with van der Waals surface area (Å²) in [6, 6.07) is 22.1. The third-order valence-corrected chi connectivity index (χ3v) is 6.91. The first-order valence-corrected chi connectivity index (χ1v) is 12.0. The van der Waals surface area contributed by atoms with E-state index in [2.05, 4.69) is 5.32 Å². The number of carbonyl (C=O) groups excluding carboxylic acids is 1. The average Bonchev–Trinajstić information content (AvgIpc) is 3.46. The highest BCUT2D eigenvalue weighted by atomic mass is 32.1. The van der Waals surface area contributed by atoms with Gasteiger partial charge in [-0.25, -0.2) is 0 Å². The number of fused-ring (bicyclic) bond motifs is 1. The van der Waals surface area contributed by atoms with Crippen molar-refractivity contribution in [2.45, 2.75) is 13.8 Å². The molecule has 0 saturated carbocycles. The monoisotopic (exact) mass is 495 g/mol. The summed E-state index contributed by atoms with van der Waals surface area (Å²) in [4.78, 5) is 26.9. The van der Waals surface area contributed by atoms with Crippen LogP contribution < -0.4 is 29.5 Å². The molecule has 1 aliphatic heterocycles. The maximum Gasteiger partial charge on any atom is 0.273 e. The van der Waals surface area contributed by atoms with E-state index in [-0.39, 0.29) is 22.6 Å². The maximum absolute atomic E-state index is 13.7. The number of nitrogens with one attached hydrogen (secondary N) is 1. The number of amides is 1. The summed E-state index contributed by atoms with van der Waals surface area (Å²) in [5.41, 5.74) is 3.18. The average molecular weight is 496 g/mol.